The van der Waals surface area contributed by atoms with E-state index in [1.807, 2.05) is 0 Å². The average molecular weight is 174 g/mol. The Hall–Kier alpha value is -0.120. The third-order valence-electron chi connectivity index (χ3n) is 2.09. The number of nitrogens with zero attached hydrogens (tertiary/aromatic N) is 1. The Kier molecular flexibility index (Phi) is 7.45. The second-order valence-corrected chi connectivity index (χ2v) is 3.08. The fourth-order valence-corrected chi connectivity index (χ4v) is 1.33. The molecule has 0 saturated carbocycles. The molecule has 2 N–H and O–H groups in total. The Bertz CT molecular complexity index is 98.5. The maximum atomic E-state index is 5.45. The summed E-state index contributed by atoms with van der Waals surface area (Å²) in [6.07, 6.45) is 1.07. The summed E-state index contributed by atoms with van der Waals surface area (Å²) in [5, 5.41) is 0. The molecule has 0 bridgehead atoms. The van der Waals surface area contributed by atoms with Crippen molar-refractivity contribution in [3.05, 3.63) is 0 Å². The Morgan fingerprint density at radius 3 is 2.58 bits per heavy atom. The first-order valence-electron chi connectivity index (χ1n) is 4.69. The summed E-state index contributed by atoms with van der Waals surface area (Å²) in [5.41, 5.74) is 5.45. The van der Waals surface area contributed by atoms with Gasteiger partial charge >= 0.3 is 0 Å². The second-order valence-electron chi connectivity index (χ2n) is 3.08. The van der Waals surface area contributed by atoms with E-state index in [1.54, 1.807) is 7.11 Å². The fourth-order valence-electron chi connectivity index (χ4n) is 1.33. The van der Waals surface area contributed by atoms with Crippen LogP contribution in [0.3, 0.4) is 0 Å². The summed E-state index contributed by atoms with van der Waals surface area (Å²) in [6, 6.07) is 0.506. The molecule has 0 radical (unpaired) electrons. The normalized spacial score (nSPS) is 13.8. The van der Waals surface area contributed by atoms with Crippen molar-refractivity contribution in [2.45, 2.75) is 26.3 Å². The molecule has 74 valence electrons. The highest BCUT2D eigenvalue weighted by atomic mass is 16.5. The molecule has 0 aliphatic rings. The van der Waals surface area contributed by atoms with Gasteiger partial charge in [0.1, 0.15) is 0 Å². The van der Waals surface area contributed by atoms with Crippen LogP contribution in [0.4, 0.5) is 0 Å². The highest BCUT2D eigenvalue weighted by Crippen LogP contribution is 1.99. The summed E-state index contributed by atoms with van der Waals surface area (Å²) < 4.78 is 5.09. The predicted octanol–water partition coefficient (Wildman–Crippen LogP) is 0.692. The molecule has 0 aliphatic carbocycles. The van der Waals surface area contributed by atoms with Crippen molar-refractivity contribution in [1.29, 1.82) is 0 Å². The highest BCUT2D eigenvalue weighted by molar-refractivity contribution is 4.64. The van der Waals surface area contributed by atoms with Crippen molar-refractivity contribution in [1.82, 2.24) is 4.90 Å². The molecule has 0 aliphatic heterocycles. The minimum Gasteiger partial charge on any atom is -0.383 e. The molecule has 0 aromatic carbocycles. The first-order valence-corrected chi connectivity index (χ1v) is 4.69. The SMILES string of the molecule is CCN(CCCN)C(C)COC. The number of ether oxygens (including phenoxy) is 1. The van der Waals surface area contributed by atoms with Gasteiger partial charge in [-0.1, -0.05) is 6.92 Å². The van der Waals surface area contributed by atoms with E-state index < -0.39 is 0 Å². The lowest BCUT2D eigenvalue weighted by Crippen LogP contribution is -2.37. The topological polar surface area (TPSA) is 38.5 Å². The van der Waals surface area contributed by atoms with Crippen molar-refractivity contribution in [3.63, 3.8) is 0 Å². The standard InChI is InChI=1S/C9H22N2O/c1-4-11(7-5-6-10)9(2)8-12-3/h9H,4-8,10H2,1-3H3. The summed E-state index contributed by atoms with van der Waals surface area (Å²) >= 11 is 0. The maximum Gasteiger partial charge on any atom is 0.0615 e. The summed E-state index contributed by atoms with van der Waals surface area (Å²) in [4.78, 5) is 2.39. The molecule has 0 aromatic heterocycles. The lowest BCUT2D eigenvalue weighted by Gasteiger charge is -2.26. The number of hydrogen-bond acceptors (Lipinski definition) is 3. The van der Waals surface area contributed by atoms with E-state index in [0.29, 0.717) is 6.04 Å². The highest BCUT2D eigenvalue weighted by Gasteiger charge is 2.09. The van der Waals surface area contributed by atoms with Gasteiger partial charge in [-0.2, -0.15) is 0 Å². The zero-order chi connectivity index (χ0) is 9.40. The summed E-state index contributed by atoms with van der Waals surface area (Å²) in [7, 11) is 1.74. The number of methoxy groups -OCH3 is 1. The van der Waals surface area contributed by atoms with Crippen LogP contribution in [0.25, 0.3) is 0 Å². The van der Waals surface area contributed by atoms with Crippen LogP contribution in [0.2, 0.25) is 0 Å². The zero-order valence-corrected chi connectivity index (χ0v) is 8.55. The van der Waals surface area contributed by atoms with Crippen molar-refractivity contribution in [2.24, 2.45) is 5.73 Å². The summed E-state index contributed by atoms with van der Waals surface area (Å²) in [6.45, 7) is 8.09. The smallest absolute Gasteiger partial charge is 0.0615 e. The lowest BCUT2D eigenvalue weighted by atomic mass is 10.2. The van der Waals surface area contributed by atoms with Crippen LogP contribution in [0.1, 0.15) is 20.3 Å². The molecule has 0 aromatic rings. The zero-order valence-electron chi connectivity index (χ0n) is 8.55. The molecule has 3 nitrogen and oxygen atoms in total. The summed E-state index contributed by atoms with van der Waals surface area (Å²) in [5.74, 6) is 0. The van der Waals surface area contributed by atoms with Gasteiger partial charge in [-0.3, -0.25) is 4.90 Å². The van der Waals surface area contributed by atoms with Gasteiger partial charge in [-0.25, -0.2) is 0 Å². The van der Waals surface area contributed by atoms with Gasteiger partial charge in [0.2, 0.25) is 0 Å². The van der Waals surface area contributed by atoms with Crippen molar-refractivity contribution >= 4 is 0 Å². The van der Waals surface area contributed by atoms with E-state index in [-0.39, 0.29) is 0 Å². The first kappa shape index (κ1) is 11.9. The number of hydrogen-bond donors (Lipinski definition) is 1. The largest absolute Gasteiger partial charge is 0.383 e. The minimum absolute atomic E-state index is 0.506. The molecule has 0 rings (SSSR count). The molecule has 1 atom stereocenters. The van der Waals surface area contributed by atoms with E-state index in [0.717, 1.165) is 32.7 Å². The van der Waals surface area contributed by atoms with E-state index in [4.69, 9.17) is 10.5 Å². The van der Waals surface area contributed by atoms with Gasteiger partial charge in [0.15, 0.2) is 0 Å². The Balaban J connectivity index is 3.62. The molecule has 0 fully saturated rings. The third-order valence-corrected chi connectivity index (χ3v) is 2.09. The number of nitrogens with two attached hydrogens (primary N) is 1. The van der Waals surface area contributed by atoms with E-state index in [2.05, 4.69) is 18.7 Å². The predicted molar refractivity (Wildman–Crippen MR) is 52.3 cm³/mol. The van der Waals surface area contributed by atoms with Gasteiger partial charge in [0, 0.05) is 13.2 Å². The third kappa shape index (κ3) is 4.70. The fraction of sp³-hybridized carbons (Fsp3) is 1.00. The van der Waals surface area contributed by atoms with Crippen LogP contribution in [0.5, 0.6) is 0 Å². The van der Waals surface area contributed by atoms with Crippen molar-refractivity contribution in [3.8, 4) is 0 Å². The van der Waals surface area contributed by atoms with E-state index in [9.17, 15) is 0 Å². The van der Waals surface area contributed by atoms with Gasteiger partial charge in [0.25, 0.3) is 0 Å². The molecule has 0 amide bonds. The van der Waals surface area contributed by atoms with Gasteiger partial charge in [-0.15, -0.1) is 0 Å². The van der Waals surface area contributed by atoms with Crippen LogP contribution in [-0.2, 0) is 4.74 Å². The lowest BCUT2D eigenvalue weighted by molar-refractivity contribution is 0.102. The Morgan fingerprint density at radius 1 is 1.50 bits per heavy atom. The molecule has 0 spiro atoms. The molecular formula is C9H22N2O. The monoisotopic (exact) mass is 174 g/mol. The molecular weight excluding hydrogens is 152 g/mol. The number of likely N-dealkylation sites (N-methyl/N-ethyl adjacent to an activating group) is 1. The molecule has 12 heavy (non-hydrogen) atoms. The quantitative estimate of drug-likeness (QED) is 0.617. The second kappa shape index (κ2) is 7.53. The molecule has 3 heteroatoms. The van der Waals surface area contributed by atoms with Crippen LogP contribution in [0, 0.1) is 0 Å². The molecule has 1 unspecified atom stereocenters. The van der Waals surface area contributed by atoms with E-state index >= 15 is 0 Å². The number of rotatable bonds is 7. The van der Waals surface area contributed by atoms with Crippen molar-refractivity contribution < 1.29 is 4.74 Å². The van der Waals surface area contributed by atoms with Crippen LogP contribution in [0.15, 0.2) is 0 Å². The average Bonchev–Trinajstić information content (AvgIpc) is 2.06. The Morgan fingerprint density at radius 2 is 2.17 bits per heavy atom. The maximum absolute atomic E-state index is 5.45. The minimum atomic E-state index is 0.506. The van der Waals surface area contributed by atoms with Gasteiger partial charge in [0.05, 0.1) is 6.61 Å². The molecule has 0 heterocycles. The first-order chi connectivity index (χ1) is 5.76. The van der Waals surface area contributed by atoms with Crippen molar-refractivity contribution in [2.75, 3.05) is 33.4 Å². The van der Waals surface area contributed by atoms with Gasteiger partial charge in [-0.05, 0) is 33.0 Å². The van der Waals surface area contributed by atoms with E-state index in [1.165, 1.54) is 0 Å². The van der Waals surface area contributed by atoms with Crippen LogP contribution >= 0.6 is 0 Å². The van der Waals surface area contributed by atoms with Crippen LogP contribution in [-0.4, -0.2) is 44.3 Å². The van der Waals surface area contributed by atoms with Gasteiger partial charge < -0.3 is 10.5 Å². The Labute approximate surface area is 75.9 Å². The molecule has 0 saturated heterocycles. The van der Waals surface area contributed by atoms with Crippen LogP contribution < -0.4 is 5.73 Å².